The van der Waals surface area contributed by atoms with Crippen molar-refractivity contribution in [2.45, 2.75) is 19.8 Å². The lowest BCUT2D eigenvalue weighted by Gasteiger charge is -2.20. The zero-order valence-electron chi connectivity index (χ0n) is 11.7. The minimum Gasteiger partial charge on any atom is -0.394 e. The molecule has 0 saturated carbocycles. The monoisotopic (exact) mass is 262 g/mol. The number of nitrogen functional groups attached to an aromatic ring is 1. The summed E-state index contributed by atoms with van der Waals surface area (Å²) >= 11 is 0. The molecule has 0 saturated heterocycles. The van der Waals surface area contributed by atoms with Crippen molar-refractivity contribution in [2.24, 2.45) is 7.05 Å². The molecule has 0 aliphatic rings. The fraction of sp³-hybridized carbons (Fsp3) is 0.357. The number of halogens is 1. The summed E-state index contributed by atoms with van der Waals surface area (Å²) in [6.45, 7) is 4.09. The quantitative estimate of drug-likeness (QED) is 0.924. The standard InChI is InChI=1S/C14H19FN4/c1-9(2)13-12(16)14(19(4)17-13)18(3)11-7-5-6-10(15)8-11/h5-9H,16H2,1-4H3. The van der Waals surface area contributed by atoms with Crippen LogP contribution < -0.4 is 10.6 Å². The maximum absolute atomic E-state index is 13.3. The Morgan fingerprint density at radius 2 is 2.05 bits per heavy atom. The molecule has 2 N–H and O–H groups in total. The molecular formula is C14H19FN4. The summed E-state index contributed by atoms with van der Waals surface area (Å²) in [7, 11) is 3.69. The maximum atomic E-state index is 13.3. The second-order valence-corrected chi connectivity index (χ2v) is 4.94. The van der Waals surface area contributed by atoms with Gasteiger partial charge in [-0.15, -0.1) is 0 Å². The van der Waals surface area contributed by atoms with Crippen LogP contribution in [0.2, 0.25) is 0 Å². The molecule has 102 valence electrons. The maximum Gasteiger partial charge on any atom is 0.154 e. The largest absolute Gasteiger partial charge is 0.394 e. The van der Waals surface area contributed by atoms with Gasteiger partial charge in [0.2, 0.25) is 0 Å². The van der Waals surface area contributed by atoms with Gasteiger partial charge in [0.1, 0.15) is 5.82 Å². The third-order valence-electron chi connectivity index (χ3n) is 3.14. The Bertz CT molecular complexity index is 589. The van der Waals surface area contributed by atoms with Crippen molar-refractivity contribution in [1.82, 2.24) is 9.78 Å². The summed E-state index contributed by atoms with van der Waals surface area (Å²) in [6.07, 6.45) is 0. The SMILES string of the molecule is CC(C)c1nn(C)c(N(C)c2cccc(F)c2)c1N. The van der Waals surface area contributed by atoms with Gasteiger partial charge in [-0.05, 0) is 24.1 Å². The number of hydrogen-bond acceptors (Lipinski definition) is 3. The van der Waals surface area contributed by atoms with E-state index in [1.807, 2.05) is 38.9 Å². The summed E-state index contributed by atoms with van der Waals surface area (Å²) in [5, 5.41) is 4.43. The highest BCUT2D eigenvalue weighted by Crippen LogP contribution is 2.33. The molecular weight excluding hydrogens is 243 g/mol. The molecule has 0 unspecified atom stereocenters. The Hall–Kier alpha value is -2.04. The van der Waals surface area contributed by atoms with Gasteiger partial charge in [-0.3, -0.25) is 4.68 Å². The molecule has 0 aliphatic heterocycles. The number of nitrogens with two attached hydrogens (primary N) is 1. The van der Waals surface area contributed by atoms with Crippen LogP contribution >= 0.6 is 0 Å². The summed E-state index contributed by atoms with van der Waals surface area (Å²) in [5.41, 5.74) is 8.41. The van der Waals surface area contributed by atoms with Crippen LogP contribution in [0, 0.1) is 5.82 Å². The number of aromatic nitrogens is 2. The number of nitrogens with zero attached hydrogens (tertiary/aromatic N) is 3. The van der Waals surface area contributed by atoms with E-state index >= 15 is 0 Å². The van der Waals surface area contributed by atoms with Crippen LogP contribution in [0.15, 0.2) is 24.3 Å². The summed E-state index contributed by atoms with van der Waals surface area (Å²) < 4.78 is 15.0. The van der Waals surface area contributed by atoms with Crippen molar-refractivity contribution in [3.05, 3.63) is 35.8 Å². The fourth-order valence-electron chi connectivity index (χ4n) is 2.18. The fourth-order valence-corrected chi connectivity index (χ4v) is 2.18. The van der Waals surface area contributed by atoms with Crippen molar-refractivity contribution in [3.63, 3.8) is 0 Å². The number of anilines is 3. The molecule has 2 rings (SSSR count). The topological polar surface area (TPSA) is 47.1 Å². The lowest BCUT2D eigenvalue weighted by Crippen LogP contribution is -2.15. The minimum atomic E-state index is -0.269. The highest BCUT2D eigenvalue weighted by Gasteiger charge is 2.19. The van der Waals surface area contributed by atoms with Crippen LogP contribution in [0.1, 0.15) is 25.5 Å². The van der Waals surface area contributed by atoms with E-state index < -0.39 is 0 Å². The predicted molar refractivity (Wildman–Crippen MR) is 76.2 cm³/mol. The van der Waals surface area contributed by atoms with E-state index in [-0.39, 0.29) is 11.7 Å². The summed E-state index contributed by atoms with van der Waals surface area (Å²) in [6, 6.07) is 6.41. The van der Waals surface area contributed by atoms with E-state index in [0.717, 1.165) is 17.2 Å². The number of hydrogen-bond donors (Lipinski definition) is 1. The van der Waals surface area contributed by atoms with E-state index in [2.05, 4.69) is 5.10 Å². The molecule has 1 heterocycles. The Balaban J connectivity index is 2.47. The van der Waals surface area contributed by atoms with E-state index in [1.165, 1.54) is 12.1 Å². The Morgan fingerprint density at radius 3 is 2.58 bits per heavy atom. The van der Waals surface area contributed by atoms with Gasteiger partial charge in [-0.25, -0.2) is 4.39 Å². The van der Waals surface area contributed by atoms with Crippen LogP contribution in [-0.4, -0.2) is 16.8 Å². The van der Waals surface area contributed by atoms with E-state index in [1.54, 1.807) is 10.7 Å². The molecule has 19 heavy (non-hydrogen) atoms. The first-order valence-corrected chi connectivity index (χ1v) is 6.23. The van der Waals surface area contributed by atoms with Gasteiger partial charge in [0, 0.05) is 19.8 Å². The predicted octanol–water partition coefficient (Wildman–Crippen LogP) is 3.03. The van der Waals surface area contributed by atoms with E-state index in [9.17, 15) is 4.39 Å². The van der Waals surface area contributed by atoms with Gasteiger partial charge in [-0.2, -0.15) is 5.10 Å². The van der Waals surface area contributed by atoms with Crippen molar-refractivity contribution >= 4 is 17.2 Å². The van der Waals surface area contributed by atoms with E-state index in [4.69, 9.17) is 5.73 Å². The third kappa shape index (κ3) is 2.41. The van der Waals surface area contributed by atoms with Gasteiger partial charge in [0.15, 0.2) is 5.82 Å². The molecule has 0 radical (unpaired) electrons. The van der Waals surface area contributed by atoms with Gasteiger partial charge in [0.25, 0.3) is 0 Å². The first-order chi connectivity index (χ1) is 8.91. The average molecular weight is 262 g/mol. The summed E-state index contributed by atoms with van der Waals surface area (Å²) in [4.78, 5) is 1.84. The van der Waals surface area contributed by atoms with Crippen LogP contribution in [0.5, 0.6) is 0 Å². The van der Waals surface area contributed by atoms with Crippen LogP contribution in [0.4, 0.5) is 21.6 Å². The van der Waals surface area contributed by atoms with Crippen LogP contribution in [0.25, 0.3) is 0 Å². The molecule has 0 amide bonds. The van der Waals surface area contributed by atoms with Gasteiger partial charge in [-0.1, -0.05) is 19.9 Å². The molecule has 0 spiro atoms. The first kappa shape index (κ1) is 13.4. The smallest absolute Gasteiger partial charge is 0.154 e. The zero-order chi connectivity index (χ0) is 14.2. The van der Waals surface area contributed by atoms with Crippen molar-refractivity contribution in [3.8, 4) is 0 Å². The van der Waals surface area contributed by atoms with Gasteiger partial charge >= 0.3 is 0 Å². The molecule has 0 bridgehead atoms. The molecule has 1 aromatic heterocycles. The van der Waals surface area contributed by atoms with Crippen molar-refractivity contribution in [2.75, 3.05) is 17.7 Å². The summed E-state index contributed by atoms with van der Waals surface area (Å²) in [5.74, 6) is 0.754. The van der Waals surface area contributed by atoms with Gasteiger partial charge in [0.05, 0.1) is 11.4 Å². The molecule has 1 aromatic carbocycles. The second-order valence-electron chi connectivity index (χ2n) is 4.94. The Kier molecular flexibility index (Phi) is 3.46. The Morgan fingerprint density at radius 1 is 1.37 bits per heavy atom. The normalized spacial score (nSPS) is 11.1. The third-order valence-corrected chi connectivity index (χ3v) is 3.14. The first-order valence-electron chi connectivity index (χ1n) is 6.23. The minimum absolute atomic E-state index is 0.251. The highest BCUT2D eigenvalue weighted by molar-refractivity contribution is 5.73. The average Bonchev–Trinajstić information content (AvgIpc) is 2.64. The highest BCUT2D eigenvalue weighted by atomic mass is 19.1. The molecule has 2 aromatic rings. The van der Waals surface area contributed by atoms with Crippen molar-refractivity contribution in [1.29, 1.82) is 0 Å². The number of rotatable bonds is 3. The van der Waals surface area contributed by atoms with E-state index in [0.29, 0.717) is 5.69 Å². The molecule has 0 atom stereocenters. The lowest BCUT2D eigenvalue weighted by molar-refractivity contribution is 0.627. The van der Waals surface area contributed by atoms with Crippen LogP contribution in [0.3, 0.4) is 0 Å². The number of aryl methyl sites for hydroxylation is 1. The molecule has 5 heteroatoms. The van der Waals surface area contributed by atoms with Crippen LogP contribution in [-0.2, 0) is 7.05 Å². The van der Waals surface area contributed by atoms with Gasteiger partial charge < -0.3 is 10.6 Å². The molecule has 0 aliphatic carbocycles. The van der Waals surface area contributed by atoms with Crippen molar-refractivity contribution < 1.29 is 4.39 Å². The molecule has 0 fully saturated rings. The molecule has 4 nitrogen and oxygen atoms in total. The lowest BCUT2D eigenvalue weighted by atomic mass is 10.1. The second kappa shape index (κ2) is 4.91. The Labute approximate surface area is 112 Å². The zero-order valence-corrected chi connectivity index (χ0v) is 11.7. The number of benzene rings is 1.